The van der Waals surface area contributed by atoms with Crippen molar-refractivity contribution >= 4 is 29.0 Å². The highest BCUT2D eigenvalue weighted by Gasteiger charge is 2.34. The van der Waals surface area contributed by atoms with Gasteiger partial charge in [-0.2, -0.15) is 0 Å². The van der Waals surface area contributed by atoms with Gasteiger partial charge >= 0.3 is 6.03 Å². The Hall–Kier alpha value is -3.23. The molecule has 3 heterocycles. The number of piperazine rings is 1. The fourth-order valence-electron chi connectivity index (χ4n) is 5.27. The van der Waals surface area contributed by atoms with Crippen LogP contribution in [-0.2, 0) is 11.2 Å². The summed E-state index contributed by atoms with van der Waals surface area (Å²) in [5, 5.41) is 5.08. The molecule has 2 atom stereocenters. The monoisotopic (exact) mass is 506 g/mol. The van der Waals surface area contributed by atoms with E-state index in [2.05, 4.69) is 21.7 Å². The van der Waals surface area contributed by atoms with Crippen LogP contribution in [0.15, 0.2) is 60.0 Å². The molecule has 1 aromatic heterocycles. The molecule has 188 valence electrons. The summed E-state index contributed by atoms with van der Waals surface area (Å²) < 4.78 is 14.1. The third-order valence-corrected chi connectivity index (χ3v) is 8.19. The Balaban J connectivity index is 1.25. The van der Waals surface area contributed by atoms with Crippen LogP contribution in [0.4, 0.5) is 14.9 Å². The van der Waals surface area contributed by atoms with Crippen LogP contribution >= 0.6 is 11.3 Å². The molecule has 0 spiro atoms. The number of para-hydroxylation sites is 1. The molecule has 0 unspecified atom stereocenters. The minimum absolute atomic E-state index is 0.0425. The normalized spacial score (nSPS) is 20.2. The number of anilines is 1. The number of carbonyl (C=O) groups is 2. The number of benzene rings is 2. The maximum absolute atomic E-state index is 14.1. The van der Waals surface area contributed by atoms with E-state index < -0.39 is 0 Å². The Morgan fingerprint density at radius 2 is 1.92 bits per heavy atom. The largest absolute Gasteiger partial charge is 0.338 e. The van der Waals surface area contributed by atoms with Gasteiger partial charge in [0.05, 0.1) is 12.6 Å². The van der Waals surface area contributed by atoms with E-state index in [4.69, 9.17) is 0 Å². The summed E-state index contributed by atoms with van der Waals surface area (Å²) >= 11 is 1.72. The topological polar surface area (TPSA) is 55.9 Å². The molecular formula is C28H31FN4O2S. The Kier molecular flexibility index (Phi) is 7.07. The highest BCUT2D eigenvalue weighted by Crippen LogP contribution is 2.37. The second-order valence-corrected chi connectivity index (χ2v) is 10.6. The lowest BCUT2D eigenvalue weighted by atomic mass is 9.93. The predicted molar refractivity (Wildman–Crippen MR) is 141 cm³/mol. The van der Waals surface area contributed by atoms with Crippen LogP contribution in [0.2, 0.25) is 0 Å². The van der Waals surface area contributed by atoms with Crippen molar-refractivity contribution in [3.63, 3.8) is 0 Å². The molecule has 1 saturated heterocycles. The zero-order chi connectivity index (χ0) is 25.2. The number of hydrogen-bond donors (Lipinski definition) is 1. The Morgan fingerprint density at radius 1 is 1.08 bits per heavy atom. The van der Waals surface area contributed by atoms with E-state index >= 15 is 0 Å². The quantitative estimate of drug-likeness (QED) is 0.547. The van der Waals surface area contributed by atoms with Crippen LogP contribution in [0.1, 0.15) is 34.5 Å². The summed E-state index contributed by atoms with van der Waals surface area (Å²) in [5.41, 5.74) is 3.84. The zero-order valence-corrected chi connectivity index (χ0v) is 21.4. The summed E-state index contributed by atoms with van der Waals surface area (Å²) in [5.74, 6) is -0.226. The maximum atomic E-state index is 14.1. The lowest BCUT2D eigenvalue weighted by Crippen LogP contribution is -2.58. The van der Waals surface area contributed by atoms with Gasteiger partial charge in [-0.3, -0.25) is 9.69 Å². The smallest absolute Gasteiger partial charge is 0.322 e. The number of fused-ring (bicyclic) bond motifs is 1. The van der Waals surface area contributed by atoms with Gasteiger partial charge in [-0.15, -0.1) is 11.3 Å². The molecule has 2 aromatic carbocycles. The first-order chi connectivity index (χ1) is 17.4. The van der Waals surface area contributed by atoms with Crippen molar-refractivity contribution in [3.05, 3.63) is 87.4 Å². The molecule has 6 nitrogen and oxygen atoms in total. The fourth-order valence-corrected chi connectivity index (χ4v) is 6.17. The Morgan fingerprint density at radius 3 is 2.69 bits per heavy atom. The van der Waals surface area contributed by atoms with Crippen molar-refractivity contribution in [2.24, 2.45) is 0 Å². The van der Waals surface area contributed by atoms with Gasteiger partial charge < -0.3 is 15.1 Å². The van der Waals surface area contributed by atoms with Gasteiger partial charge in [0.2, 0.25) is 5.91 Å². The molecule has 2 aliphatic rings. The van der Waals surface area contributed by atoms with Gasteiger partial charge in [-0.05, 0) is 66.6 Å². The number of thiophene rings is 1. The first-order valence-electron chi connectivity index (χ1n) is 12.4. The van der Waals surface area contributed by atoms with Crippen LogP contribution in [-0.4, -0.2) is 65.4 Å². The number of amides is 3. The lowest BCUT2D eigenvalue weighted by molar-refractivity contribution is -0.135. The Bertz CT molecular complexity index is 1260. The summed E-state index contributed by atoms with van der Waals surface area (Å²) in [6.45, 7) is 6.41. The van der Waals surface area contributed by atoms with Crippen LogP contribution < -0.4 is 5.32 Å². The third kappa shape index (κ3) is 5.01. The van der Waals surface area contributed by atoms with E-state index in [0.29, 0.717) is 19.6 Å². The second-order valence-electron chi connectivity index (χ2n) is 9.60. The minimum atomic E-state index is -0.268. The molecule has 3 aromatic rings. The predicted octanol–water partition coefficient (Wildman–Crippen LogP) is 4.91. The van der Waals surface area contributed by atoms with E-state index in [-0.39, 0.29) is 36.4 Å². The van der Waals surface area contributed by atoms with Gasteiger partial charge in [0.1, 0.15) is 5.82 Å². The molecule has 5 rings (SSSR count). The van der Waals surface area contributed by atoms with Crippen molar-refractivity contribution in [2.45, 2.75) is 32.4 Å². The van der Waals surface area contributed by atoms with Crippen molar-refractivity contribution in [1.82, 2.24) is 14.7 Å². The van der Waals surface area contributed by atoms with Crippen LogP contribution in [0.5, 0.6) is 0 Å². The number of aryl methyl sites for hydroxylation is 1. The number of nitrogens with zero attached hydrogens (tertiary/aromatic N) is 3. The van der Waals surface area contributed by atoms with Crippen molar-refractivity contribution < 1.29 is 14.0 Å². The summed E-state index contributed by atoms with van der Waals surface area (Å²) in [6.07, 6.45) is 0.884. The zero-order valence-electron chi connectivity index (χ0n) is 20.6. The summed E-state index contributed by atoms with van der Waals surface area (Å²) in [7, 11) is 0. The molecule has 0 aliphatic carbocycles. The molecule has 1 N–H and O–H groups in total. The van der Waals surface area contributed by atoms with Crippen LogP contribution in [0.3, 0.4) is 0 Å². The molecule has 2 aliphatic heterocycles. The number of halogens is 1. The molecule has 8 heteroatoms. The number of carbonyl (C=O) groups excluding carboxylic acids is 2. The lowest BCUT2D eigenvalue weighted by Gasteiger charge is -2.41. The molecular weight excluding hydrogens is 475 g/mol. The number of urea groups is 1. The molecule has 1 fully saturated rings. The Labute approximate surface area is 215 Å². The molecule has 36 heavy (non-hydrogen) atoms. The van der Waals surface area contributed by atoms with Gasteiger partial charge in [-0.25, -0.2) is 9.18 Å². The first kappa shape index (κ1) is 24.5. The fraction of sp³-hybridized carbons (Fsp3) is 0.357. The first-order valence-corrected chi connectivity index (χ1v) is 13.3. The van der Waals surface area contributed by atoms with E-state index in [9.17, 15) is 14.0 Å². The van der Waals surface area contributed by atoms with E-state index in [1.807, 2.05) is 49.1 Å². The summed E-state index contributed by atoms with van der Waals surface area (Å²) in [4.78, 5) is 33.4. The second kappa shape index (κ2) is 10.4. The standard InChI is InChI=1S/C28H31FN4O2S/c1-19-6-3-4-9-24(19)30-28(35)33-14-13-31(17-20(33)2)26(34)18-32-12-10-25-23(11-15-36-25)27(32)21-7-5-8-22(29)16-21/h3-9,11,15-16,20,27H,10,12-14,17-18H2,1-2H3,(H,30,35)/t20-,27+/m0/s1. The van der Waals surface area contributed by atoms with Gasteiger partial charge in [-0.1, -0.05) is 30.3 Å². The van der Waals surface area contributed by atoms with Crippen molar-refractivity contribution in [3.8, 4) is 0 Å². The van der Waals surface area contributed by atoms with E-state index in [1.54, 1.807) is 28.4 Å². The SMILES string of the molecule is Cc1ccccc1NC(=O)N1CCN(C(=O)CN2CCc3sccc3[C@H]2c2cccc(F)c2)C[C@@H]1C. The van der Waals surface area contributed by atoms with Crippen LogP contribution in [0.25, 0.3) is 0 Å². The van der Waals surface area contributed by atoms with Gasteiger partial charge in [0.15, 0.2) is 0 Å². The van der Waals surface area contributed by atoms with E-state index in [1.165, 1.54) is 10.9 Å². The molecule has 0 saturated carbocycles. The average Bonchev–Trinajstić information content (AvgIpc) is 3.34. The molecule has 3 amide bonds. The number of hydrogen-bond acceptors (Lipinski definition) is 4. The van der Waals surface area contributed by atoms with Crippen molar-refractivity contribution in [1.29, 1.82) is 0 Å². The number of rotatable bonds is 4. The van der Waals surface area contributed by atoms with Gasteiger partial charge in [0.25, 0.3) is 0 Å². The van der Waals surface area contributed by atoms with Crippen LogP contribution in [0, 0.1) is 12.7 Å². The highest BCUT2D eigenvalue weighted by molar-refractivity contribution is 7.10. The average molecular weight is 507 g/mol. The van der Waals surface area contributed by atoms with Crippen molar-refractivity contribution in [2.75, 3.05) is 38.0 Å². The minimum Gasteiger partial charge on any atom is -0.338 e. The van der Waals surface area contributed by atoms with E-state index in [0.717, 1.165) is 35.3 Å². The maximum Gasteiger partial charge on any atom is 0.322 e. The summed E-state index contributed by atoms with van der Waals surface area (Å²) in [6, 6.07) is 16.1. The molecule has 0 bridgehead atoms. The third-order valence-electron chi connectivity index (χ3n) is 7.20. The van der Waals surface area contributed by atoms with Gasteiger partial charge in [0, 0.05) is 42.8 Å². The highest BCUT2D eigenvalue weighted by atomic mass is 32.1. The molecule has 0 radical (unpaired) electrons. The number of nitrogens with one attached hydrogen (secondary N) is 1.